The minimum absolute atomic E-state index is 0.341. The molecule has 1 aliphatic rings. The van der Waals surface area contributed by atoms with Gasteiger partial charge in [-0.2, -0.15) is 0 Å². The minimum atomic E-state index is 0.341. The number of rotatable bonds is 3. The van der Waals surface area contributed by atoms with Crippen LogP contribution in [0.5, 0.6) is 0 Å². The molecule has 1 atom stereocenters. The molecule has 0 amide bonds. The Morgan fingerprint density at radius 1 is 1.12 bits per heavy atom. The van der Waals surface area contributed by atoms with Gasteiger partial charge in [0, 0.05) is 12.4 Å². The van der Waals surface area contributed by atoms with Crippen LogP contribution in [0.15, 0.2) is 42.7 Å². The molecule has 0 aliphatic heterocycles. The molecule has 0 radical (unpaired) electrons. The van der Waals surface area contributed by atoms with E-state index in [0.717, 1.165) is 0 Å². The van der Waals surface area contributed by atoms with Gasteiger partial charge in [0.05, 0.1) is 6.04 Å². The maximum absolute atomic E-state index is 3.45. The second-order valence-corrected chi connectivity index (χ2v) is 4.82. The largest absolute Gasteiger partial charge is 0.319 e. The monoisotopic (exact) mass is 226 g/mol. The number of nitrogens with zero attached hydrogens (tertiary/aromatic N) is 1. The lowest BCUT2D eigenvalue weighted by atomic mass is 10.0. The zero-order chi connectivity index (χ0) is 11.7. The lowest BCUT2D eigenvalue weighted by Crippen LogP contribution is -2.17. The van der Waals surface area contributed by atoms with Crippen LogP contribution in [0.3, 0.4) is 0 Å². The summed E-state index contributed by atoms with van der Waals surface area (Å²) in [7, 11) is 0. The van der Waals surface area contributed by atoms with Gasteiger partial charge >= 0.3 is 0 Å². The van der Waals surface area contributed by atoms with Crippen molar-refractivity contribution in [3.05, 3.63) is 59.4 Å². The Morgan fingerprint density at radius 2 is 1.88 bits per heavy atom. The fourth-order valence-electron chi connectivity index (χ4n) is 2.58. The van der Waals surface area contributed by atoms with E-state index in [2.05, 4.69) is 30.5 Å². The Hall–Kier alpha value is -1.70. The van der Waals surface area contributed by atoms with E-state index in [9.17, 15) is 0 Å². The molecule has 1 heterocycles. The van der Waals surface area contributed by atoms with Gasteiger partial charge in [-0.3, -0.25) is 4.68 Å². The van der Waals surface area contributed by atoms with Crippen molar-refractivity contribution in [1.29, 1.82) is 0 Å². The molecular formula is C15H18N2. The standard InChI is InChI=1S/C15H18N2/c1-12(16-17-9-2-3-10-17)14-8-7-13-5-4-6-15(13)11-14/h2-3,7-12,16H,4-6H2,1H3. The number of aromatic nitrogens is 1. The van der Waals surface area contributed by atoms with Crippen LogP contribution in [0.1, 0.15) is 36.1 Å². The SMILES string of the molecule is CC(Nn1cccc1)c1ccc2c(c1)CCC2. The maximum atomic E-state index is 3.45. The second kappa shape index (κ2) is 4.28. The molecule has 0 saturated carbocycles. The van der Waals surface area contributed by atoms with Crippen molar-refractivity contribution in [1.82, 2.24) is 4.68 Å². The molecule has 1 aromatic carbocycles. The number of hydrogen-bond acceptors (Lipinski definition) is 1. The third-order valence-electron chi connectivity index (χ3n) is 3.57. The highest BCUT2D eigenvalue weighted by Crippen LogP contribution is 2.25. The number of aryl methyl sites for hydroxylation is 2. The van der Waals surface area contributed by atoms with Crippen LogP contribution in [0, 0.1) is 0 Å². The molecule has 2 nitrogen and oxygen atoms in total. The van der Waals surface area contributed by atoms with Crippen LogP contribution in [0.4, 0.5) is 0 Å². The fraction of sp³-hybridized carbons (Fsp3) is 0.333. The summed E-state index contributed by atoms with van der Waals surface area (Å²) in [6.07, 6.45) is 7.89. The first-order chi connectivity index (χ1) is 8.33. The first kappa shape index (κ1) is 10.5. The van der Waals surface area contributed by atoms with E-state index < -0.39 is 0 Å². The van der Waals surface area contributed by atoms with Crippen molar-refractivity contribution in [3.8, 4) is 0 Å². The summed E-state index contributed by atoms with van der Waals surface area (Å²) in [5.74, 6) is 0. The Balaban J connectivity index is 1.79. The van der Waals surface area contributed by atoms with E-state index in [1.165, 1.54) is 24.8 Å². The molecule has 1 N–H and O–H groups in total. The van der Waals surface area contributed by atoms with Gasteiger partial charge in [-0.25, -0.2) is 0 Å². The summed E-state index contributed by atoms with van der Waals surface area (Å²) < 4.78 is 2.01. The predicted molar refractivity (Wildman–Crippen MR) is 70.7 cm³/mol. The normalized spacial score (nSPS) is 15.6. The van der Waals surface area contributed by atoms with Crippen molar-refractivity contribution < 1.29 is 0 Å². The van der Waals surface area contributed by atoms with E-state index >= 15 is 0 Å². The third kappa shape index (κ3) is 2.07. The van der Waals surface area contributed by atoms with Gasteiger partial charge in [0.25, 0.3) is 0 Å². The highest BCUT2D eigenvalue weighted by molar-refractivity contribution is 5.37. The van der Waals surface area contributed by atoms with Gasteiger partial charge in [0.15, 0.2) is 0 Å². The average Bonchev–Trinajstić information content (AvgIpc) is 2.97. The average molecular weight is 226 g/mol. The van der Waals surface area contributed by atoms with Gasteiger partial charge < -0.3 is 5.43 Å². The summed E-state index contributed by atoms with van der Waals surface area (Å²) in [6, 6.07) is 11.3. The smallest absolute Gasteiger partial charge is 0.0645 e. The zero-order valence-electron chi connectivity index (χ0n) is 10.2. The van der Waals surface area contributed by atoms with Crippen molar-refractivity contribution in [2.24, 2.45) is 0 Å². The Kier molecular flexibility index (Phi) is 2.63. The van der Waals surface area contributed by atoms with Crippen LogP contribution in [0.2, 0.25) is 0 Å². The molecule has 1 aliphatic carbocycles. The van der Waals surface area contributed by atoms with Crippen molar-refractivity contribution >= 4 is 0 Å². The topological polar surface area (TPSA) is 17.0 Å². The van der Waals surface area contributed by atoms with Crippen LogP contribution in [-0.2, 0) is 12.8 Å². The first-order valence-corrected chi connectivity index (χ1v) is 6.34. The number of fused-ring (bicyclic) bond motifs is 1. The first-order valence-electron chi connectivity index (χ1n) is 6.34. The van der Waals surface area contributed by atoms with Crippen LogP contribution in [0.25, 0.3) is 0 Å². The molecule has 3 rings (SSSR count). The molecule has 2 aromatic rings. The summed E-state index contributed by atoms with van der Waals surface area (Å²) in [6.45, 7) is 2.21. The summed E-state index contributed by atoms with van der Waals surface area (Å²) in [5, 5.41) is 0. The van der Waals surface area contributed by atoms with Gasteiger partial charge in [-0.15, -0.1) is 0 Å². The minimum Gasteiger partial charge on any atom is -0.319 e. The quantitative estimate of drug-likeness (QED) is 0.850. The second-order valence-electron chi connectivity index (χ2n) is 4.82. The highest BCUT2D eigenvalue weighted by atomic mass is 15.4. The van der Waals surface area contributed by atoms with Crippen LogP contribution >= 0.6 is 0 Å². The molecule has 0 bridgehead atoms. The number of benzene rings is 1. The fourth-order valence-corrected chi connectivity index (χ4v) is 2.58. The number of nitrogens with one attached hydrogen (secondary N) is 1. The van der Waals surface area contributed by atoms with Gasteiger partial charge in [0.1, 0.15) is 0 Å². The van der Waals surface area contributed by atoms with Crippen LogP contribution < -0.4 is 5.43 Å². The van der Waals surface area contributed by atoms with Crippen LogP contribution in [-0.4, -0.2) is 4.68 Å². The molecule has 0 fully saturated rings. The molecule has 0 saturated heterocycles. The molecule has 17 heavy (non-hydrogen) atoms. The van der Waals surface area contributed by atoms with Gasteiger partial charge in [-0.05, 0) is 55.0 Å². The maximum Gasteiger partial charge on any atom is 0.0645 e. The van der Waals surface area contributed by atoms with E-state index in [4.69, 9.17) is 0 Å². The lowest BCUT2D eigenvalue weighted by molar-refractivity contribution is 0.727. The zero-order valence-corrected chi connectivity index (χ0v) is 10.2. The third-order valence-corrected chi connectivity index (χ3v) is 3.57. The van der Waals surface area contributed by atoms with Crippen molar-refractivity contribution in [2.45, 2.75) is 32.2 Å². The van der Waals surface area contributed by atoms with Crippen molar-refractivity contribution in [3.63, 3.8) is 0 Å². The van der Waals surface area contributed by atoms with E-state index in [0.29, 0.717) is 6.04 Å². The molecule has 0 spiro atoms. The van der Waals surface area contributed by atoms with Gasteiger partial charge in [0.2, 0.25) is 0 Å². The van der Waals surface area contributed by atoms with E-state index in [-0.39, 0.29) is 0 Å². The molecule has 1 unspecified atom stereocenters. The molecular weight excluding hydrogens is 208 g/mol. The van der Waals surface area contributed by atoms with Crippen molar-refractivity contribution in [2.75, 3.05) is 5.43 Å². The summed E-state index contributed by atoms with van der Waals surface area (Å²) in [4.78, 5) is 0. The lowest BCUT2D eigenvalue weighted by Gasteiger charge is -2.17. The summed E-state index contributed by atoms with van der Waals surface area (Å²) >= 11 is 0. The van der Waals surface area contributed by atoms with Gasteiger partial charge in [-0.1, -0.05) is 18.2 Å². The molecule has 2 heteroatoms. The Labute approximate surface area is 102 Å². The summed E-state index contributed by atoms with van der Waals surface area (Å²) in [5.41, 5.74) is 7.91. The Morgan fingerprint density at radius 3 is 2.71 bits per heavy atom. The highest BCUT2D eigenvalue weighted by Gasteiger charge is 2.13. The molecule has 88 valence electrons. The van der Waals surface area contributed by atoms with E-state index in [1.54, 1.807) is 11.1 Å². The molecule has 1 aromatic heterocycles. The van der Waals surface area contributed by atoms with E-state index in [1.807, 2.05) is 29.2 Å². The number of hydrogen-bond donors (Lipinski definition) is 1. The Bertz CT molecular complexity index is 500. The predicted octanol–water partition coefficient (Wildman–Crippen LogP) is 3.28.